The first-order valence-corrected chi connectivity index (χ1v) is 11.4. The molecule has 0 heterocycles. The molecular weight excluding hydrogens is 334 g/mol. The minimum Gasteiger partial charge on any atom is -0.396 e. The molecule has 0 rings (SSSR count). The van der Waals surface area contributed by atoms with E-state index in [2.05, 4.69) is 31.2 Å². The van der Waals surface area contributed by atoms with Gasteiger partial charge in [-0.15, -0.1) is 0 Å². The molecule has 0 saturated heterocycles. The summed E-state index contributed by atoms with van der Waals surface area (Å²) in [5.74, 6) is 0.354. The van der Waals surface area contributed by atoms with Crippen LogP contribution in [0.15, 0.2) is 24.3 Å². The average molecular weight is 380 g/mol. The van der Waals surface area contributed by atoms with Gasteiger partial charge in [-0.1, -0.05) is 82.6 Å². The molecule has 3 N–H and O–H groups in total. The summed E-state index contributed by atoms with van der Waals surface area (Å²) in [5.41, 5.74) is 5.12. The van der Waals surface area contributed by atoms with Crippen molar-refractivity contribution in [2.75, 3.05) is 6.61 Å². The summed E-state index contributed by atoms with van der Waals surface area (Å²) in [6.07, 6.45) is 27.5. The number of nitrogens with two attached hydrogens (primary N) is 1. The number of unbranched alkanes of at least 4 members (excludes halogenated alkanes) is 10. The van der Waals surface area contributed by atoms with Crippen molar-refractivity contribution in [1.82, 2.24) is 0 Å². The SMILES string of the molecule is CCCCC(CO)CCCCCC/C=C\C=C/CCCCCCCC(N)=O. The van der Waals surface area contributed by atoms with Gasteiger partial charge in [0.05, 0.1) is 0 Å². The highest BCUT2D eigenvalue weighted by atomic mass is 16.3. The molecule has 27 heavy (non-hydrogen) atoms. The van der Waals surface area contributed by atoms with Crippen molar-refractivity contribution in [2.45, 2.75) is 110 Å². The molecule has 1 unspecified atom stereocenters. The molecule has 0 fully saturated rings. The highest BCUT2D eigenvalue weighted by molar-refractivity contribution is 5.73. The topological polar surface area (TPSA) is 63.3 Å². The van der Waals surface area contributed by atoms with Crippen LogP contribution in [0.4, 0.5) is 0 Å². The molecule has 0 spiro atoms. The van der Waals surface area contributed by atoms with Gasteiger partial charge in [0.25, 0.3) is 0 Å². The number of aliphatic hydroxyl groups excluding tert-OH is 1. The van der Waals surface area contributed by atoms with Crippen LogP contribution in [-0.2, 0) is 4.79 Å². The molecule has 0 bridgehead atoms. The minimum absolute atomic E-state index is 0.178. The largest absolute Gasteiger partial charge is 0.396 e. The highest BCUT2D eigenvalue weighted by Gasteiger charge is 2.05. The van der Waals surface area contributed by atoms with Crippen LogP contribution < -0.4 is 5.73 Å². The number of hydrogen-bond acceptors (Lipinski definition) is 2. The fraction of sp³-hybridized carbons (Fsp3) is 0.792. The summed E-state index contributed by atoms with van der Waals surface area (Å²) >= 11 is 0. The van der Waals surface area contributed by atoms with Crippen LogP contribution in [0.1, 0.15) is 110 Å². The lowest BCUT2D eigenvalue weighted by Crippen LogP contribution is -2.09. The lowest BCUT2D eigenvalue weighted by atomic mass is 9.96. The third-order valence-corrected chi connectivity index (χ3v) is 5.13. The fourth-order valence-corrected chi connectivity index (χ4v) is 3.31. The van der Waals surface area contributed by atoms with Crippen molar-refractivity contribution in [3.8, 4) is 0 Å². The number of carbonyl (C=O) groups excluding carboxylic acids is 1. The summed E-state index contributed by atoms with van der Waals surface area (Å²) in [6, 6.07) is 0. The molecule has 0 saturated carbocycles. The first kappa shape index (κ1) is 25.9. The Morgan fingerprint density at radius 1 is 0.815 bits per heavy atom. The Balaban J connectivity index is 3.34. The number of rotatable bonds is 20. The van der Waals surface area contributed by atoms with Crippen molar-refractivity contribution < 1.29 is 9.90 Å². The zero-order valence-electron chi connectivity index (χ0n) is 17.8. The monoisotopic (exact) mass is 379 g/mol. The predicted octanol–water partition coefficient (Wildman–Crippen LogP) is 6.45. The second kappa shape index (κ2) is 21.2. The van der Waals surface area contributed by atoms with Crippen molar-refractivity contribution in [3.63, 3.8) is 0 Å². The molecule has 0 aromatic carbocycles. The van der Waals surface area contributed by atoms with E-state index in [0.29, 0.717) is 18.9 Å². The number of hydrogen-bond donors (Lipinski definition) is 2. The maximum Gasteiger partial charge on any atom is 0.217 e. The fourth-order valence-electron chi connectivity index (χ4n) is 3.31. The molecule has 1 amide bonds. The molecular formula is C24H45NO2. The molecule has 158 valence electrons. The predicted molar refractivity (Wildman–Crippen MR) is 118 cm³/mol. The Bertz CT molecular complexity index is 377. The molecule has 0 radical (unpaired) electrons. The Kier molecular flexibility index (Phi) is 20.4. The van der Waals surface area contributed by atoms with E-state index in [1.165, 1.54) is 77.0 Å². The lowest BCUT2D eigenvalue weighted by molar-refractivity contribution is -0.118. The van der Waals surface area contributed by atoms with Gasteiger partial charge in [-0.25, -0.2) is 0 Å². The van der Waals surface area contributed by atoms with Crippen LogP contribution in [0.2, 0.25) is 0 Å². The van der Waals surface area contributed by atoms with Crippen molar-refractivity contribution >= 4 is 5.91 Å². The Morgan fingerprint density at radius 3 is 1.89 bits per heavy atom. The average Bonchev–Trinajstić information content (AvgIpc) is 2.66. The van der Waals surface area contributed by atoms with E-state index >= 15 is 0 Å². The maximum atomic E-state index is 10.6. The Labute approximate surface area is 168 Å². The standard InChI is InChI=1S/C24H45NO2/c1-2-3-19-23(22-26)20-17-15-13-11-9-7-5-4-6-8-10-12-14-16-18-21-24(25)27/h4-7,23,26H,2-3,8-22H2,1H3,(H2,25,27)/b6-4-,7-5-. The van der Waals surface area contributed by atoms with Crippen LogP contribution in [0.3, 0.4) is 0 Å². The van der Waals surface area contributed by atoms with Gasteiger partial charge in [0.15, 0.2) is 0 Å². The van der Waals surface area contributed by atoms with Crippen molar-refractivity contribution in [2.24, 2.45) is 11.7 Å². The second-order valence-electron chi connectivity index (χ2n) is 7.81. The van der Waals surface area contributed by atoms with Crippen molar-refractivity contribution in [1.29, 1.82) is 0 Å². The van der Waals surface area contributed by atoms with Crippen LogP contribution in [-0.4, -0.2) is 17.6 Å². The van der Waals surface area contributed by atoms with E-state index in [1.807, 2.05) is 0 Å². The van der Waals surface area contributed by atoms with Crippen LogP contribution in [0.5, 0.6) is 0 Å². The van der Waals surface area contributed by atoms with Gasteiger partial charge >= 0.3 is 0 Å². The molecule has 3 nitrogen and oxygen atoms in total. The molecule has 1 atom stereocenters. The van der Waals surface area contributed by atoms with E-state index in [-0.39, 0.29) is 5.91 Å². The third kappa shape index (κ3) is 21.1. The zero-order chi connectivity index (χ0) is 20.0. The first-order valence-electron chi connectivity index (χ1n) is 11.4. The minimum atomic E-state index is -0.178. The molecule has 0 aromatic heterocycles. The molecule has 0 aliphatic carbocycles. The van der Waals surface area contributed by atoms with Gasteiger partial charge in [0.1, 0.15) is 0 Å². The van der Waals surface area contributed by atoms with Crippen molar-refractivity contribution in [3.05, 3.63) is 24.3 Å². The summed E-state index contributed by atoms with van der Waals surface area (Å²) in [7, 11) is 0. The highest BCUT2D eigenvalue weighted by Crippen LogP contribution is 2.17. The number of allylic oxidation sites excluding steroid dienone is 4. The van der Waals surface area contributed by atoms with Gasteiger partial charge in [-0.2, -0.15) is 0 Å². The summed E-state index contributed by atoms with van der Waals surface area (Å²) in [5, 5.41) is 9.37. The smallest absolute Gasteiger partial charge is 0.217 e. The van der Waals surface area contributed by atoms with E-state index in [0.717, 1.165) is 19.3 Å². The van der Waals surface area contributed by atoms with E-state index < -0.39 is 0 Å². The van der Waals surface area contributed by atoms with Gasteiger partial charge < -0.3 is 10.8 Å². The lowest BCUT2D eigenvalue weighted by Gasteiger charge is -2.12. The molecule has 0 aromatic rings. The summed E-state index contributed by atoms with van der Waals surface area (Å²) in [4.78, 5) is 10.6. The van der Waals surface area contributed by atoms with Crippen LogP contribution in [0, 0.1) is 5.92 Å². The van der Waals surface area contributed by atoms with Crippen LogP contribution >= 0.6 is 0 Å². The molecule has 0 aliphatic rings. The van der Waals surface area contributed by atoms with E-state index in [9.17, 15) is 9.90 Å². The van der Waals surface area contributed by atoms with E-state index in [1.54, 1.807) is 0 Å². The van der Waals surface area contributed by atoms with Crippen LogP contribution in [0.25, 0.3) is 0 Å². The number of carbonyl (C=O) groups is 1. The summed E-state index contributed by atoms with van der Waals surface area (Å²) < 4.78 is 0. The van der Waals surface area contributed by atoms with Gasteiger partial charge in [0.2, 0.25) is 5.91 Å². The first-order chi connectivity index (χ1) is 13.2. The Hall–Kier alpha value is -1.09. The number of amides is 1. The normalized spacial score (nSPS) is 13.0. The third-order valence-electron chi connectivity index (χ3n) is 5.13. The summed E-state index contributed by atoms with van der Waals surface area (Å²) in [6.45, 7) is 2.58. The second-order valence-corrected chi connectivity index (χ2v) is 7.81. The molecule has 0 aliphatic heterocycles. The van der Waals surface area contributed by atoms with Gasteiger partial charge in [-0.05, 0) is 50.9 Å². The number of aliphatic hydroxyl groups is 1. The molecule has 3 heteroatoms. The number of primary amides is 1. The quantitative estimate of drug-likeness (QED) is 0.188. The Morgan fingerprint density at radius 2 is 1.33 bits per heavy atom. The van der Waals surface area contributed by atoms with Gasteiger partial charge in [-0.3, -0.25) is 4.79 Å². The van der Waals surface area contributed by atoms with Gasteiger partial charge in [0, 0.05) is 13.0 Å². The maximum absolute atomic E-state index is 10.6. The van der Waals surface area contributed by atoms with E-state index in [4.69, 9.17) is 5.73 Å². The zero-order valence-corrected chi connectivity index (χ0v) is 17.8.